The van der Waals surface area contributed by atoms with Crippen LogP contribution in [0.25, 0.3) is 0 Å². The van der Waals surface area contributed by atoms with E-state index in [1.807, 2.05) is 0 Å². The van der Waals surface area contributed by atoms with Crippen LogP contribution in [-0.4, -0.2) is 29.6 Å². The fraction of sp³-hybridized carbons (Fsp3) is 0.429. The van der Waals surface area contributed by atoms with Crippen LogP contribution in [0.2, 0.25) is 5.02 Å². The predicted molar refractivity (Wildman–Crippen MR) is 76.4 cm³/mol. The zero-order valence-electron chi connectivity index (χ0n) is 11.2. The predicted octanol–water partition coefficient (Wildman–Crippen LogP) is 1.69. The molecule has 5 nitrogen and oxygen atoms in total. The lowest BCUT2D eigenvalue weighted by molar-refractivity contribution is -0.136. The zero-order chi connectivity index (χ0) is 15.4. The Morgan fingerprint density at radius 3 is 2.76 bits per heavy atom. The Labute approximate surface area is 126 Å². The number of aliphatic hydroxyl groups excluding tert-OH is 1. The van der Waals surface area contributed by atoms with E-state index in [9.17, 15) is 19.1 Å². The van der Waals surface area contributed by atoms with Crippen LogP contribution in [0.4, 0.5) is 10.1 Å². The van der Waals surface area contributed by atoms with Crippen molar-refractivity contribution in [3.05, 3.63) is 29.0 Å². The van der Waals surface area contributed by atoms with Crippen molar-refractivity contribution in [3.63, 3.8) is 0 Å². The van der Waals surface area contributed by atoms with Crippen molar-refractivity contribution in [2.75, 3.05) is 11.9 Å². The molecule has 0 spiro atoms. The Balaban J connectivity index is 1.87. The molecule has 1 aliphatic carbocycles. The summed E-state index contributed by atoms with van der Waals surface area (Å²) < 4.78 is 13.4. The van der Waals surface area contributed by atoms with Crippen molar-refractivity contribution in [3.8, 4) is 0 Å². The van der Waals surface area contributed by atoms with Gasteiger partial charge in [-0.05, 0) is 31.0 Å². The molecule has 0 radical (unpaired) electrons. The summed E-state index contributed by atoms with van der Waals surface area (Å²) in [5.74, 6) is -2.55. The van der Waals surface area contributed by atoms with Gasteiger partial charge in [-0.3, -0.25) is 9.59 Å². The Morgan fingerprint density at radius 2 is 2.10 bits per heavy atom. The van der Waals surface area contributed by atoms with Gasteiger partial charge in [-0.1, -0.05) is 18.0 Å². The Kier molecular flexibility index (Phi) is 5.14. The number of nitrogens with one attached hydrogen (secondary N) is 2. The maximum absolute atomic E-state index is 13.4. The molecule has 1 aromatic carbocycles. The molecule has 2 rings (SSSR count). The van der Waals surface area contributed by atoms with Gasteiger partial charge >= 0.3 is 11.8 Å². The number of rotatable bonds is 3. The Hall–Kier alpha value is -1.66. The highest BCUT2D eigenvalue weighted by Crippen LogP contribution is 2.24. The second-order valence-corrected chi connectivity index (χ2v) is 5.48. The van der Waals surface area contributed by atoms with Gasteiger partial charge in [-0.15, -0.1) is 0 Å². The minimum Gasteiger partial charge on any atom is -0.393 e. The molecule has 0 bridgehead atoms. The summed E-state index contributed by atoms with van der Waals surface area (Å²) in [7, 11) is 0. The average molecular weight is 315 g/mol. The molecule has 7 heteroatoms. The molecule has 21 heavy (non-hydrogen) atoms. The number of anilines is 1. The number of benzene rings is 1. The highest BCUT2D eigenvalue weighted by atomic mass is 35.5. The van der Waals surface area contributed by atoms with E-state index in [0.29, 0.717) is 6.42 Å². The molecule has 0 aromatic heterocycles. The number of amides is 2. The third-order valence-electron chi connectivity index (χ3n) is 3.53. The van der Waals surface area contributed by atoms with Crippen molar-refractivity contribution in [1.82, 2.24) is 5.32 Å². The molecule has 2 unspecified atom stereocenters. The van der Waals surface area contributed by atoms with Crippen LogP contribution < -0.4 is 10.6 Å². The van der Waals surface area contributed by atoms with Crippen LogP contribution in [0.1, 0.15) is 19.3 Å². The topological polar surface area (TPSA) is 78.4 Å². The maximum Gasteiger partial charge on any atom is 0.313 e. The van der Waals surface area contributed by atoms with Crippen molar-refractivity contribution in [2.45, 2.75) is 25.4 Å². The number of aliphatic hydroxyl groups is 1. The molecular weight excluding hydrogens is 299 g/mol. The van der Waals surface area contributed by atoms with Gasteiger partial charge < -0.3 is 15.7 Å². The molecule has 2 atom stereocenters. The number of hydrogen-bond donors (Lipinski definition) is 3. The van der Waals surface area contributed by atoms with Gasteiger partial charge in [0, 0.05) is 17.5 Å². The number of hydrogen-bond acceptors (Lipinski definition) is 3. The molecule has 0 saturated heterocycles. The van der Waals surface area contributed by atoms with Crippen LogP contribution in [-0.2, 0) is 9.59 Å². The van der Waals surface area contributed by atoms with E-state index in [-0.39, 0.29) is 23.2 Å². The van der Waals surface area contributed by atoms with Gasteiger partial charge in [0.25, 0.3) is 0 Å². The van der Waals surface area contributed by atoms with Crippen LogP contribution >= 0.6 is 11.6 Å². The second-order valence-electron chi connectivity index (χ2n) is 5.05. The Morgan fingerprint density at radius 1 is 1.33 bits per heavy atom. The van der Waals surface area contributed by atoms with Crippen molar-refractivity contribution in [1.29, 1.82) is 0 Å². The van der Waals surface area contributed by atoms with Gasteiger partial charge in [0.15, 0.2) is 0 Å². The first-order chi connectivity index (χ1) is 9.97. The minimum absolute atomic E-state index is 0.0374. The van der Waals surface area contributed by atoms with Crippen molar-refractivity contribution < 1.29 is 19.1 Å². The van der Waals surface area contributed by atoms with Crippen molar-refractivity contribution in [2.24, 2.45) is 5.92 Å². The fourth-order valence-corrected chi connectivity index (χ4v) is 2.50. The van der Waals surface area contributed by atoms with E-state index in [4.69, 9.17) is 11.6 Å². The highest BCUT2D eigenvalue weighted by molar-refractivity contribution is 6.39. The summed E-state index contributed by atoms with van der Waals surface area (Å²) in [6.45, 7) is 0.228. The smallest absolute Gasteiger partial charge is 0.313 e. The van der Waals surface area contributed by atoms with Gasteiger partial charge in [-0.2, -0.15) is 0 Å². The maximum atomic E-state index is 13.4. The lowest BCUT2D eigenvalue weighted by Gasteiger charge is -2.14. The van der Waals surface area contributed by atoms with Gasteiger partial charge in [-0.25, -0.2) is 4.39 Å². The molecule has 1 aromatic rings. The zero-order valence-corrected chi connectivity index (χ0v) is 12.0. The highest BCUT2D eigenvalue weighted by Gasteiger charge is 2.26. The molecule has 1 saturated carbocycles. The minimum atomic E-state index is -0.969. The van der Waals surface area contributed by atoms with Crippen LogP contribution in [0.3, 0.4) is 0 Å². The monoisotopic (exact) mass is 314 g/mol. The standard InChI is InChI=1S/C14H16ClFN2O3/c15-9-4-5-10(16)11(6-9)18-14(21)13(20)17-7-8-2-1-3-12(8)19/h4-6,8,12,19H,1-3,7H2,(H,17,20)(H,18,21). The van der Waals surface area contributed by atoms with Crippen molar-refractivity contribution >= 4 is 29.1 Å². The van der Waals surface area contributed by atoms with E-state index in [2.05, 4.69) is 10.6 Å². The van der Waals surface area contributed by atoms with E-state index >= 15 is 0 Å². The molecule has 1 fully saturated rings. The molecule has 3 N–H and O–H groups in total. The van der Waals surface area contributed by atoms with Crippen LogP contribution in [0.15, 0.2) is 18.2 Å². The third-order valence-corrected chi connectivity index (χ3v) is 3.76. The van der Waals surface area contributed by atoms with Crippen LogP contribution in [0, 0.1) is 11.7 Å². The van der Waals surface area contributed by atoms with E-state index in [1.165, 1.54) is 12.1 Å². The normalized spacial score (nSPS) is 21.1. The first kappa shape index (κ1) is 15.7. The lowest BCUT2D eigenvalue weighted by atomic mass is 10.1. The first-order valence-corrected chi connectivity index (χ1v) is 7.07. The Bertz CT molecular complexity index is 553. The third kappa shape index (κ3) is 4.15. The molecule has 2 amide bonds. The summed E-state index contributed by atoms with van der Waals surface area (Å²) >= 11 is 5.70. The molecule has 1 aliphatic rings. The number of halogens is 2. The summed E-state index contributed by atoms with van der Waals surface area (Å²) in [5, 5.41) is 14.5. The molecule has 0 aliphatic heterocycles. The SMILES string of the molecule is O=C(NCC1CCCC1O)C(=O)Nc1cc(Cl)ccc1F. The largest absolute Gasteiger partial charge is 0.393 e. The second kappa shape index (κ2) is 6.87. The van der Waals surface area contributed by atoms with Gasteiger partial charge in [0.05, 0.1) is 11.8 Å². The number of carbonyl (C=O) groups is 2. The van der Waals surface area contributed by atoms with E-state index in [0.717, 1.165) is 18.9 Å². The first-order valence-electron chi connectivity index (χ1n) is 6.69. The van der Waals surface area contributed by atoms with E-state index in [1.54, 1.807) is 0 Å². The summed E-state index contributed by atoms with van der Waals surface area (Å²) in [4.78, 5) is 23.3. The summed E-state index contributed by atoms with van der Waals surface area (Å²) in [6, 6.07) is 3.67. The van der Waals surface area contributed by atoms with Gasteiger partial charge in [0.2, 0.25) is 0 Å². The molecule has 0 heterocycles. The summed E-state index contributed by atoms with van der Waals surface area (Å²) in [5.41, 5.74) is -0.149. The lowest BCUT2D eigenvalue weighted by Crippen LogP contribution is -2.39. The van der Waals surface area contributed by atoms with Crippen LogP contribution in [0.5, 0.6) is 0 Å². The fourth-order valence-electron chi connectivity index (χ4n) is 2.33. The molecular formula is C14H16ClFN2O3. The van der Waals surface area contributed by atoms with E-state index < -0.39 is 23.7 Å². The molecule has 114 valence electrons. The summed E-state index contributed by atoms with van der Waals surface area (Å²) in [6.07, 6.45) is 1.98. The number of carbonyl (C=O) groups excluding carboxylic acids is 2. The average Bonchev–Trinajstić information content (AvgIpc) is 2.85. The quantitative estimate of drug-likeness (QED) is 0.743. The van der Waals surface area contributed by atoms with Gasteiger partial charge in [0.1, 0.15) is 5.82 Å².